The maximum Gasteiger partial charge on any atom is 0.238 e. The number of amides is 1. The van der Waals surface area contributed by atoms with Crippen molar-refractivity contribution in [2.45, 2.75) is 6.42 Å². The first kappa shape index (κ1) is 14.1. The molecule has 5 nitrogen and oxygen atoms in total. The fraction of sp³-hybridized carbons (Fsp3) is 0.0625. The Kier molecular flexibility index (Phi) is 3.77. The summed E-state index contributed by atoms with van der Waals surface area (Å²) in [5, 5.41) is 11.8. The third-order valence-corrected chi connectivity index (χ3v) is 3.25. The van der Waals surface area contributed by atoms with E-state index in [9.17, 15) is 4.79 Å². The SMILES string of the molecule is N#CCC(=O)Nc1ccc2oc(-c3ccc(Cl)cc3)nc2c1. The molecule has 6 heteroatoms. The molecule has 0 saturated carbocycles. The van der Waals surface area contributed by atoms with Gasteiger partial charge < -0.3 is 9.73 Å². The lowest BCUT2D eigenvalue weighted by atomic mass is 10.2. The molecule has 0 unspecified atom stereocenters. The van der Waals surface area contributed by atoms with Crippen molar-refractivity contribution in [2.75, 3.05) is 5.32 Å². The first-order valence-corrected chi connectivity index (χ1v) is 6.87. The summed E-state index contributed by atoms with van der Waals surface area (Å²) >= 11 is 5.86. The van der Waals surface area contributed by atoms with Gasteiger partial charge in [-0.1, -0.05) is 11.6 Å². The summed E-state index contributed by atoms with van der Waals surface area (Å²) in [6, 6.07) is 14.1. The van der Waals surface area contributed by atoms with Gasteiger partial charge in [-0.25, -0.2) is 4.98 Å². The first-order valence-electron chi connectivity index (χ1n) is 6.49. The van der Waals surface area contributed by atoms with Gasteiger partial charge in [0, 0.05) is 16.3 Å². The maximum atomic E-state index is 11.4. The highest BCUT2D eigenvalue weighted by Gasteiger charge is 2.09. The number of nitrogens with zero attached hydrogens (tertiary/aromatic N) is 2. The Hall–Kier alpha value is -2.84. The fourth-order valence-electron chi connectivity index (χ4n) is 2.00. The van der Waals surface area contributed by atoms with E-state index in [2.05, 4.69) is 10.3 Å². The summed E-state index contributed by atoms with van der Waals surface area (Å²) < 4.78 is 5.68. The quantitative estimate of drug-likeness (QED) is 0.793. The lowest BCUT2D eigenvalue weighted by Crippen LogP contribution is -2.09. The van der Waals surface area contributed by atoms with Crippen molar-refractivity contribution in [1.29, 1.82) is 5.26 Å². The van der Waals surface area contributed by atoms with Gasteiger partial charge in [0.05, 0.1) is 6.07 Å². The van der Waals surface area contributed by atoms with E-state index in [1.54, 1.807) is 36.4 Å². The number of fused-ring (bicyclic) bond motifs is 1. The zero-order valence-electron chi connectivity index (χ0n) is 11.3. The Morgan fingerprint density at radius 3 is 2.77 bits per heavy atom. The number of benzene rings is 2. The van der Waals surface area contributed by atoms with E-state index in [1.807, 2.05) is 12.1 Å². The van der Waals surface area contributed by atoms with E-state index in [4.69, 9.17) is 21.3 Å². The second-order valence-corrected chi connectivity index (χ2v) is 5.03. The zero-order valence-corrected chi connectivity index (χ0v) is 12.1. The van der Waals surface area contributed by atoms with E-state index >= 15 is 0 Å². The van der Waals surface area contributed by atoms with Crippen LogP contribution >= 0.6 is 11.6 Å². The molecule has 0 saturated heterocycles. The van der Waals surface area contributed by atoms with Gasteiger partial charge in [0.1, 0.15) is 11.9 Å². The van der Waals surface area contributed by atoms with Gasteiger partial charge in [0.2, 0.25) is 11.8 Å². The number of anilines is 1. The molecule has 3 aromatic rings. The smallest absolute Gasteiger partial charge is 0.238 e. The average molecular weight is 312 g/mol. The van der Waals surface area contributed by atoms with Gasteiger partial charge in [-0.2, -0.15) is 5.26 Å². The van der Waals surface area contributed by atoms with E-state index in [0.29, 0.717) is 27.7 Å². The number of hydrogen-bond donors (Lipinski definition) is 1. The van der Waals surface area contributed by atoms with Crippen LogP contribution in [0.1, 0.15) is 6.42 Å². The van der Waals surface area contributed by atoms with E-state index in [-0.39, 0.29) is 12.3 Å². The third kappa shape index (κ3) is 2.92. The second-order valence-electron chi connectivity index (χ2n) is 4.59. The van der Waals surface area contributed by atoms with Crippen LogP contribution in [0.25, 0.3) is 22.6 Å². The van der Waals surface area contributed by atoms with Crippen LogP contribution in [0.2, 0.25) is 5.02 Å². The molecule has 1 heterocycles. The van der Waals surface area contributed by atoms with E-state index in [1.165, 1.54) is 0 Å². The number of aromatic nitrogens is 1. The Morgan fingerprint density at radius 1 is 1.27 bits per heavy atom. The molecular formula is C16H10ClN3O2. The normalized spacial score (nSPS) is 10.4. The van der Waals surface area contributed by atoms with Gasteiger partial charge in [-0.3, -0.25) is 4.79 Å². The van der Waals surface area contributed by atoms with Crippen LogP contribution in [0, 0.1) is 11.3 Å². The van der Waals surface area contributed by atoms with Crippen molar-refractivity contribution in [3.05, 3.63) is 47.5 Å². The Labute approximate surface area is 131 Å². The molecule has 0 bridgehead atoms. The molecule has 0 fully saturated rings. The van der Waals surface area contributed by atoms with Gasteiger partial charge in [0.15, 0.2) is 5.58 Å². The number of nitriles is 1. The van der Waals surface area contributed by atoms with Crippen molar-refractivity contribution in [3.63, 3.8) is 0 Å². The molecule has 2 aromatic carbocycles. The number of halogens is 1. The highest BCUT2D eigenvalue weighted by atomic mass is 35.5. The van der Waals surface area contributed by atoms with Crippen LogP contribution in [0.3, 0.4) is 0 Å². The minimum absolute atomic E-state index is 0.188. The summed E-state index contributed by atoms with van der Waals surface area (Å²) in [5.74, 6) is 0.121. The Balaban J connectivity index is 1.92. The van der Waals surface area contributed by atoms with Crippen molar-refractivity contribution >= 4 is 34.3 Å². The van der Waals surface area contributed by atoms with Crippen LogP contribution in [0.5, 0.6) is 0 Å². The first-order chi connectivity index (χ1) is 10.7. The predicted molar refractivity (Wildman–Crippen MR) is 83.3 cm³/mol. The number of hydrogen-bond acceptors (Lipinski definition) is 4. The fourth-order valence-corrected chi connectivity index (χ4v) is 2.12. The Bertz CT molecular complexity index is 879. The third-order valence-electron chi connectivity index (χ3n) is 3.00. The molecule has 0 radical (unpaired) electrons. The van der Waals surface area contributed by atoms with Crippen LogP contribution in [0.15, 0.2) is 46.9 Å². The van der Waals surface area contributed by atoms with E-state index < -0.39 is 0 Å². The molecule has 1 aromatic heterocycles. The van der Waals surface area contributed by atoms with Crippen LogP contribution in [-0.2, 0) is 4.79 Å². The standard InChI is InChI=1S/C16H10ClN3O2/c17-11-3-1-10(2-4-11)16-20-13-9-12(5-6-14(13)22-16)19-15(21)7-8-18/h1-6,9H,7H2,(H,19,21). The van der Waals surface area contributed by atoms with Crippen molar-refractivity contribution in [1.82, 2.24) is 4.98 Å². The minimum Gasteiger partial charge on any atom is -0.436 e. The van der Waals surface area contributed by atoms with E-state index in [0.717, 1.165) is 5.56 Å². The van der Waals surface area contributed by atoms with Gasteiger partial charge in [0.25, 0.3) is 0 Å². The molecule has 0 spiro atoms. The second kappa shape index (κ2) is 5.88. The zero-order chi connectivity index (χ0) is 15.5. The van der Waals surface area contributed by atoms with Crippen molar-refractivity contribution < 1.29 is 9.21 Å². The van der Waals surface area contributed by atoms with Crippen LogP contribution in [-0.4, -0.2) is 10.9 Å². The number of rotatable bonds is 3. The molecule has 1 amide bonds. The lowest BCUT2D eigenvalue weighted by molar-refractivity contribution is -0.115. The summed E-state index contributed by atoms with van der Waals surface area (Å²) in [6.45, 7) is 0. The molecule has 108 valence electrons. The van der Waals surface area contributed by atoms with Gasteiger partial charge in [-0.15, -0.1) is 0 Å². The Morgan fingerprint density at radius 2 is 2.05 bits per heavy atom. The molecule has 3 rings (SSSR count). The summed E-state index contributed by atoms with van der Waals surface area (Å²) in [6.07, 6.45) is -0.188. The maximum absolute atomic E-state index is 11.4. The molecule has 0 aliphatic rings. The molecular weight excluding hydrogens is 302 g/mol. The number of carbonyl (C=O) groups is 1. The monoisotopic (exact) mass is 311 g/mol. The van der Waals surface area contributed by atoms with Crippen molar-refractivity contribution in [3.8, 4) is 17.5 Å². The van der Waals surface area contributed by atoms with Crippen molar-refractivity contribution in [2.24, 2.45) is 0 Å². The average Bonchev–Trinajstić information content (AvgIpc) is 2.91. The largest absolute Gasteiger partial charge is 0.436 e. The molecule has 0 aliphatic heterocycles. The molecule has 0 aliphatic carbocycles. The highest BCUT2D eigenvalue weighted by molar-refractivity contribution is 6.30. The summed E-state index contributed by atoms with van der Waals surface area (Å²) in [5.41, 5.74) is 2.63. The van der Waals surface area contributed by atoms with Gasteiger partial charge in [-0.05, 0) is 42.5 Å². The predicted octanol–water partition coefficient (Wildman–Crippen LogP) is 4.00. The van der Waals surface area contributed by atoms with Gasteiger partial charge >= 0.3 is 0 Å². The molecule has 1 N–H and O–H groups in total. The number of oxazole rings is 1. The number of nitrogens with one attached hydrogen (secondary N) is 1. The van der Waals surface area contributed by atoms with Crippen LogP contribution in [0.4, 0.5) is 5.69 Å². The highest BCUT2D eigenvalue weighted by Crippen LogP contribution is 2.27. The number of carbonyl (C=O) groups excluding carboxylic acids is 1. The molecule has 0 atom stereocenters. The lowest BCUT2D eigenvalue weighted by Gasteiger charge is -2.00. The molecule has 22 heavy (non-hydrogen) atoms. The van der Waals surface area contributed by atoms with Crippen LogP contribution < -0.4 is 5.32 Å². The summed E-state index contributed by atoms with van der Waals surface area (Å²) in [4.78, 5) is 15.8. The summed E-state index contributed by atoms with van der Waals surface area (Å²) in [7, 11) is 0. The topological polar surface area (TPSA) is 78.9 Å². The minimum atomic E-state index is -0.358.